The zero-order valence-electron chi connectivity index (χ0n) is 12.6. The number of methoxy groups -OCH3 is 1. The molecule has 2 atom stereocenters. The summed E-state index contributed by atoms with van der Waals surface area (Å²) < 4.78 is 15.3. The predicted molar refractivity (Wildman–Crippen MR) is 82.1 cm³/mol. The van der Waals surface area contributed by atoms with Crippen LogP contribution in [-0.2, 0) is 14.3 Å². The maximum absolute atomic E-state index is 11.5. The van der Waals surface area contributed by atoms with Crippen LogP contribution in [0.5, 0.6) is 5.75 Å². The molecule has 0 spiro atoms. The van der Waals surface area contributed by atoms with Gasteiger partial charge < -0.3 is 19.3 Å². The van der Waals surface area contributed by atoms with Crippen LogP contribution in [0.15, 0.2) is 24.3 Å². The Kier molecular flexibility index (Phi) is 6.06. The smallest absolute Gasteiger partial charge is 0.343 e. The Morgan fingerprint density at radius 3 is 2.64 bits per heavy atom. The summed E-state index contributed by atoms with van der Waals surface area (Å²) >= 11 is 5.80. The zero-order chi connectivity index (χ0) is 16.0. The van der Waals surface area contributed by atoms with Crippen molar-refractivity contribution in [2.45, 2.75) is 37.4 Å². The third kappa shape index (κ3) is 4.35. The van der Waals surface area contributed by atoms with Crippen molar-refractivity contribution in [3.63, 3.8) is 0 Å². The van der Waals surface area contributed by atoms with Crippen LogP contribution in [0.1, 0.15) is 25.7 Å². The van der Waals surface area contributed by atoms with Gasteiger partial charge in [0.05, 0.1) is 26.4 Å². The van der Waals surface area contributed by atoms with E-state index < -0.39 is 17.7 Å². The number of epoxide rings is 1. The number of hydrogen-bond donors (Lipinski definition) is 1. The van der Waals surface area contributed by atoms with Crippen molar-refractivity contribution < 1.29 is 24.1 Å². The maximum Gasteiger partial charge on any atom is 0.343 e. The molecule has 1 N–H and O–H groups in total. The fourth-order valence-corrected chi connectivity index (χ4v) is 2.39. The molecule has 0 bridgehead atoms. The molecule has 1 saturated heterocycles. The summed E-state index contributed by atoms with van der Waals surface area (Å²) in [6.45, 7) is 0.844. The van der Waals surface area contributed by atoms with Gasteiger partial charge in [-0.3, -0.25) is 0 Å². The second kappa shape index (κ2) is 7.81. The molecule has 2 unspecified atom stereocenters. The molecule has 0 saturated carbocycles. The molecule has 1 aliphatic heterocycles. The SMILES string of the molecule is COC(=O)C1(C(O)CCCCCOc2ccc(Cl)cc2)CO1. The molecule has 0 amide bonds. The number of aliphatic hydroxyl groups is 1. The second-order valence-electron chi connectivity index (χ2n) is 5.34. The molecule has 1 heterocycles. The molecule has 1 aromatic rings. The third-order valence-corrected chi connectivity index (χ3v) is 3.98. The van der Waals surface area contributed by atoms with Crippen LogP contribution >= 0.6 is 11.6 Å². The summed E-state index contributed by atoms with van der Waals surface area (Å²) in [6.07, 6.45) is 2.28. The van der Waals surface area contributed by atoms with Crippen LogP contribution in [-0.4, -0.2) is 43.1 Å². The molecule has 0 aliphatic carbocycles. The van der Waals surface area contributed by atoms with Crippen molar-refractivity contribution in [2.24, 2.45) is 0 Å². The van der Waals surface area contributed by atoms with E-state index in [-0.39, 0.29) is 6.61 Å². The van der Waals surface area contributed by atoms with Crippen LogP contribution in [0.3, 0.4) is 0 Å². The minimum Gasteiger partial charge on any atom is -0.494 e. The van der Waals surface area contributed by atoms with Gasteiger partial charge in [-0.1, -0.05) is 18.0 Å². The lowest BCUT2D eigenvalue weighted by atomic mass is 9.98. The van der Waals surface area contributed by atoms with E-state index in [4.69, 9.17) is 21.1 Å². The Hall–Kier alpha value is -1.30. The fraction of sp³-hybridized carbons (Fsp3) is 0.562. The van der Waals surface area contributed by atoms with E-state index in [1.807, 2.05) is 12.1 Å². The van der Waals surface area contributed by atoms with Gasteiger partial charge in [-0.2, -0.15) is 0 Å². The van der Waals surface area contributed by atoms with Crippen LogP contribution < -0.4 is 4.74 Å². The Labute approximate surface area is 135 Å². The first-order valence-electron chi connectivity index (χ1n) is 7.37. The third-order valence-electron chi connectivity index (χ3n) is 3.73. The van der Waals surface area contributed by atoms with Gasteiger partial charge in [0.1, 0.15) is 5.75 Å². The maximum atomic E-state index is 11.5. The highest BCUT2D eigenvalue weighted by atomic mass is 35.5. The summed E-state index contributed by atoms with van der Waals surface area (Å²) in [6, 6.07) is 7.23. The highest BCUT2D eigenvalue weighted by Crippen LogP contribution is 2.34. The Balaban J connectivity index is 1.58. The summed E-state index contributed by atoms with van der Waals surface area (Å²) in [7, 11) is 1.30. The number of carbonyl (C=O) groups is 1. The molecule has 0 aromatic heterocycles. The van der Waals surface area contributed by atoms with Crippen molar-refractivity contribution >= 4 is 17.6 Å². The van der Waals surface area contributed by atoms with Gasteiger partial charge >= 0.3 is 5.97 Å². The second-order valence-corrected chi connectivity index (χ2v) is 5.77. The minimum atomic E-state index is -1.12. The average molecular weight is 329 g/mol. The Morgan fingerprint density at radius 1 is 1.36 bits per heavy atom. The number of hydrogen-bond acceptors (Lipinski definition) is 5. The first-order valence-corrected chi connectivity index (χ1v) is 7.75. The van der Waals surface area contributed by atoms with E-state index in [0.717, 1.165) is 25.0 Å². The Bertz CT molecular complexity index is 484. The van der Waals surface area contributed by atoms with Crippen molar-refractivity contribution in [3.8, 4) is 5.75 Å². The number of unbranched alkanes of at least 4 members (excludes halogenated alkanes) is 2. The monoisotopic (exact) mass is 328 g/mol. The molecular weight excluding hydrogens is 308 g/mol. The largest absolute Gasteiger partial charge is 0.494 e. The van der Waals surface area contributed by atoms with Crippen molar-refractivity contribution in [1.82, 2.24) is 0 Å². The van der Waals surface area contributed by atoms with Gasteiger partial charge in [0, 0.05) is 5.02 Å². The number of carbonyl (C=O) groups excluding carboxylic acids is 1. The lowest BCUT2D eigenvalue weighted by molar-refractivity contribution is -0.151. The van der Waals surface area contributed by atoms with Crippen molar-refractivity contribution in [2.75, 3.05) is 20.3 Å². The van der Waals surface area contributed by atoms with Crippen LogP contribution in [0.4, 0.5) is 0 Å². The zero-order valence-corrected chi connectivity index (χ0v) is 13.3. The quantitative estimate of drug-likeness (QED) is 0.428. The van der Waals surface area contributed by atoms with Crippen molar-refractivity contribution in [1.29, 1.82) is 0 Å². The minimum absolute atomic E-state index is 0.237. The first kappa shape index (κ1) is 17.1. The fourth-order valence-electron chi connectivity index (χ4n) is 2.27. The van der Waals surface area contributed by atoms with Gasteiger partial charge in [-0.05, 0) is 43.5 Å². The van der Waals surface area contributed by atoms with E-state index in [1.54, 1.807) is 12.1 Å². The molecule has 0 radical (unpaired) electrons. The normalized spacial score (nSPS) is 21.2. The molecule has 1 aromatic carbocycles. The number of ether oxygens (including phenoxy) is 3. The molecule has 2 rings (SSSR count). The van der Waals surface area contributed by atoms with Gasteiger partial charge in [0.15, 0.2) is 0 Å². The molecule has 1 fully saturated rings. The highest BCUT2D eigenvalue weighted by Gasteiger charge is 2.58. The molecule has 5 nitrogen and oxygen atoms in total. The van der Waals surface area contributed by atoms with E-state index in [2.05, 4.69) is 4.74 Å². The number of rotatable bonds is 9. The van der Waals surface area contributed by atoms with E-state index >= 15 is 0 Å². The summed E-state index contributed by atoms with van der Waals surface area (Å²) in [4.78, 5) is 11.5. The summed E-state index contributed by atoms with van der Waals surface area (Å²) in [5, 5.41) is 10.7. The van der Waals surface area contributed by atoms with Gasteiger partial charge in [-0.15, -0.1) is 0 Å². The van der Waals surface area contributed by atoms with E-state index in [0.29, 0.717) is 18.1 Å². The Morgan fingerprint density at radius 2 is 2.05 bits per heavy atom. The number of esters is 1. The molecule has 22 heavy (non-hydrogen) atoms. The first-order chi connectivity index (χ1) is 10.6. The lowest BCUT2D eigenvalue weighted by Crippen LogP contribution is -2.39. The predicted octanol–water partition coefficient (Wildman–Crippen LogP) is 2.58. The van der Waals surface area contributed by atoms with E-state index in [9.17, 15) is 9.90 Å². The summed E-state index contributed by atoms with van der Waals surface area (Å²) in [5.74, 6) is 0.298. The standard InChI is InChI=1S/C16H21ClO5/c1-20-15(19)16(11-22-16)14(18)5-3-2-4-10-21-13-8-6-12(17)7-9-13/h6-9,14,18H,2-5,10-11H2,1H3. The number of benzene rings is 1. The van der Waals surface area contributed by atoms with Crippen LogP contribution in [0, 0.1) is 0 Å². The van der Waals surface area contributed by atoms with Gasteiger partial charge in [-0.25, -0.2) is 4.79 Å². The van der Waals surface area contributed by atoms with Crippen molar-refractivity contribution in [3.05, 3.63) is 29.3 Å². The molecule has 1 aliphatic rings. The molecule has 6 heteroatoms. The van der Waals surface area contributed by atoms with E-state index in [1.165, 1.54) is 7.11 Å². The van der Waals surface area contributed by atoms with Gasteiger partial charge in [0.25, 0.3) is 0 Å². The van der Waals surface area contributed by atoms with Crippen LogP contribution in [0.25, 0.3) is 0 Å². The highest BCUT2D eigenvalue weighted by molar-refractivity contribution is 6.30. The number of halogens is 1. The lowest BCUT2D eigenvalue weighted by Gasteiger charge is -2.16. The van der Waals surface area contributed by atoms with Gasteiger partial charge in [0.2, 0.25) is 5.60 Å². The molecular formula is C16H21ClO5. The van der Waals surface area contributed by atoms with Crippen LogP contribution in [0.2, 0.25) is 5.02 Å². The number of aliphatic hydroxyl groups excluding tert-OH is 1. The molecule has 122 valence electrons. The average Bonchev–Trinajstić information content (AvgIpc) is 3.33. The topological polar surface area (TPSA) is 68.3 Å². The summed E-state index contributed by atoms with van der Waals surface area (Å²) in [5.41, 5.74) is -1.12.